The second kappa shape index (κ2) is 6.94. The van der Waals surface area contributed by atoms with E-state index in [0.29, 0.717) is 11.7 Å². The maximum absolute atomic E-state index is 12.3. The van der Waals surface area contributed by atoms with Gasteiger partial charge in [0.2, 0.25) is 17.6 Å². The van der Waals surface area contributed by atoms with Gasteiger partial charge in [-0.05, 0) is 18.8 Å². The normalized spacial score (nSPS) is 17.3. The van der Waals surface area contributed by atoms with Gasteiger partial charge in [-0.2, -0.15) is 4.98 Å². The number of carbonyl (C=O) groups is 1. The molecule has 3 rings (SSSR count). The van der Waals surface area contributed by atoms with Crippen LogP contribution in [0.25, 0.3) is 11.4 Å². The molecule has 1 saturated carbocycles. The minimum absolute atomic E-state index is 0.112. The zero-order valence-electron chi connectivity index (χ0n) is 13.7. The van der Waals surface area contributed by atoms with Crippen LogP contribution in [0.15, 0.2) is 34.9 Å². The SMILES string of the molecule is CC[C@H](C)[C@@H](NC(=O)C1CCC1)c1nc(-c2ccccc2)no1. The van der Waals surface area contributed by atoms with Crippen LogP contribution in [0.1, 0.15) is 51.5 Å². The van der Waals surface area contributed by atoms with Gasteiger partial charge < -0.3 is 9.84 Å². The molecule has 0 unspecified atom stereocenters. The van der Waals surface area contributed by atoms with E-state index in [-0.39, 0.29) is 23.8 Å². The van der Waals surface area contributed by atoms with E-state index in [1.165, 1.54) is 0 Å². The van der Waals surface area contributed by atoms with E-state index in [4.69, 9.17) is 4.52 Å². The number of rotatable bonds is 6. The molecular weight excluding hydrogens is 290 g/mol. The zero-order chi connectivity index (χ0) is 16.2. The maximum atomic E-state index is 12.3. The third kappa shape index (κ3) is 3.44. The molecule has 1 amide bonds. The van der Waals surface area contributed by atoms with Crippen molar-refractivity contribution in [1.29, 1.82) is 0 Å². The molecule has 1 N–H and O–H groups in total. The Morgan fingerprint density at radius 2 is 2.09 bits per heavy atom. The van der Waals surface area contributed by atoms with Crippen molar-refractivity contribution in [2.45, 2.75) is 45.6 Å². The summed E-state index contributed by atoms with van der Waals surface area (Å²) in [7, 11) is 0. The van der Waals surface area contributed by atoms with Gasteiger partial charge in [-0.25, -0.2) is 0 Å². The first-order valence-corrected chi connectivity index (χ1v) is 8.38. The van der Waals surface area contributed by atoms with E-state index in [1.54, 1.807) is 0 Å². The largest absolute Gasteiger partial charge is 0.344 e. The molecule has 0 aliphatic heterocycles. The van der Waals surface area contributed by atoms with Crippen LogP contribution < -0.4 is 5.32 Å². The van der Waals surface area contributed by atoms with E-state index in [9.17, 15) is 4.79 Å². The van der Waals surface area contributed by atoms with Crippen molar-refractivity contribution in [3.63, 3.8) is 0 Å². The Hall–Kier alpha value is -2.17. The van der Waals surface area contributed by atoms with Crippen molar-refractivity contribution >= 4 is 5.91 Å². The fraction of sp³-hybridized carbons (Fsp3) is 0.500. The first-order chi connectivity index (χ1) is 11.2. The highest BCUT2D eigenvalue weighted by atomic mass is 16.5. The van der Waals surface area contributed by atoms with Crippen LogP contribution in [0.2, 0.25) is 0 Å². The van der Waals surface area contributed by atoms with Gasteiger partial charge in [0.25, 0.3) is 0 Å². The van der Waals surface area contributed by atoms with Crippen LogP contribution in [-0.2, 0) is 4.79 Å². The predicted octanol–water partition coefficient (Wildman–Crippen LogP) is 3.74. The van der Waals surface area contributed by atoms with E-state index in [2.05, 4.69) is 29.3 Å². The number of carbonyl (C=O) groups excluding carboxylic acids is 1. The van der Waals surface area contributed by atoms with E-state index in [0.717, 1.165) is 31.2 Å². The molecule has 23 heavy (non-hydrogen) atoms. The van der Waals surface area contributed by atoms with Crippen molar-refractivity contribution in [3.05, 3.63) is 36.2 Å². The second-order valence-corrected chi connectivity index (χ2v) is 6.32. The van der Waals surface area contributed by atoms with Crippen molar-refractivity contribution in [1.82, 2.24) is 15.5 Å². The summed E-state index contributed by atoms with van der Waals surface area (Å²) in [5, 5.41) is 7.19. The summed E-state index contributed by atoms with van der Waals surface area (Å²) in [5.41, 5.74) is 0.913. The molecule has 0 spiro atoms. The lowest BCUT2D eigenvalue weighted by Crippen LogP contribution is -2.39. The average Bonchev–Trinajstić information content (AvgIpc) is 3.00. The van der Waals surface area contributed by atoms with Crippen molar-refractivity contribution < 1.29 is 9.32 Å². The second-order valence-electron chi connectivity index (χ2n) is 6.32. The van der Waals surface area contributed by atoms with Crippen LogP contribution in [0, 0.1) is 11.8 Å². The van der Waals surface area contributed by atoms with E-state index >= 15 is 0 Å². The molecule has 1 aliphatic carbocycles. The number of aromatic nitrogens is 2. The van der Waals surface area contributed by atoms with Gasteiger partial charge in [-0.3, -0.25) is 4.79 Å². The lowest BCUT2D eigenvalue weighted by Gasteiger charge is -2.28. The van der Waals surface area contributed by atoms with Gasteiger partial charge in [0.15, 0.2) is 0 Å². The Kier molecular flexibility index (Phi) is 4.74. The molecule has 0 bridgehead atoms. The summed E-state index contributed by atoms with van der Waals surface area (Å²) in [6, 6.07) is 9.49. The minimum atomic E-state index is -0.224. The molecule has 0 radical (unpaired) electrons. The lowest BCUT2D eigenvalue weighted by molar-refractivity contribution is -0.128. The van der Waals surface area contributed by atoms with E-state index < -0.39 is 0 Å². The number of benzene rings is 1. The van der Waals surface area contributed by atoms with Gasteiger partial charge >= 0.3 is 0 Å². The summed E-state index contributed by atoms with van der Waals surface area (Å²) in [5.74, 6) is 1.56. The molecule has 1 aliphatic rings. The quantitative estimate of drug-likeness (QED) is 0.882. The zero-order valence-corrected chi connectivity index (χ0v) is 13.7. The molecule has 1 aromatic carbocycles. The standard InChI is InChI=1S/C18H23N3O2/c1-3-12(2)15(19-17(22)14-10-7-11-14)18-20-16(21-23-18)13-8-5-4-6-9-13/h4-6,8-9,12,14-15H,3,7,10-11H2,1-2H3,(H,19,22)/t12-,15+/m0/s1. The van der Waals surface area contributed by atoms with Crippen LogP contribution in [0.4, 0.5) is 0 Å². The Labute approximate surface area is 136 Å². The van der Waals surface area contributed by atoms with Gasteiger partial charge in [0.1, 0.15) is 6.04 Å². The molecule has 5 nitrogen and oxygen atoms in total. The molecule has 1 heterocycles. The smallest absolute Gasteiger partial charge is 0.249 e. The first-order valence-electron chi connectivity index (χ1n) is 8.38. The fourth-order valence-electron chi connectivity index (χ4n) is 2.69. The summed E-state index contributed by atoms with van der Waals surface area (Å²) in [4.78, 5) is 16.8. The van der Waals surface area contributed by atoms with Gasteiger partial charge in [-0.15, -0.1) is 0 Å². The fourth-order valence-corrected chi connectivity index (χ4v) is 2.69. The Morgan fingerprint density at radius 3 is 2.70 bits per heavy atom. The first kappa shape index (κ1) is 15.7. The molecule has 0 saturated heterocycles. The lowest BCUT2D eigenvalue weighted by atomic mass is 9.84. The summed E-state index contributed by atoms with van der Waals surface area (Å²) < 4.78 is 5.46. The minimum Gasteiger partial charge on any atom is -0.344 e. The highest BCUT2D eigenvalue weighted by Crippen LogP contribution is 2.30. The number of amides is 1. The van der Waals surface area contributed by atoms with Gasteiger partial charge in [-0.1, -0.05) is 62.2 Å². The number of nitrogens with zero attached hydrogens (tertiary/aromatic N) is 2. The van der Waals surface area contributed by atoms with Crippen molar-refractivity contribution in [3.8, 4) is 11.4 Å². The summed E-state index contributed by atoms with van der Waals surface area (Å²) in [6.07, 6.45) is 4.04. The maximum Gasteiger partial charge on any atom is 0.249 e. The highest BCUT2D eigenvalue weighted by molar-refractivity contribution is 5.79. The monoisotopic (exact) mass is 313 g/mol. The molecular formula is C18H23N3O2. The third-order valence-electron chi connectivity index (χ3n) is 4.73. The molecule has 1 fully saturated rings. The topological polar surface area (TPSA) is 68.0 Å². The van der Waals surface area contributed by atoms with Crippen molar-refractivity contribution in [2.75, 3.05) is 0 Å². The summed E-state index contributed by atoms with van der Waals surface area (Å²) in [6.45, 7) is 4.19. The molecule has 122 valence electrons. The number of nitrogens with one attached hydrogen (secondary N) is 1. The van der Waals surface area contributed by atoms with Gasteiger partial charge in [0.05, 0.1) is 0 Å². The molecule has 1 aromatic heterocycles. The molecule has 5 heteroatoms. The molecule has 2 aromatic rings. The Morgan fingerprint density at radius 1 is 1.35 bits per heavy atom. The van der Waals surface area contributed by atoms with Crippen LogP contribution in [0.3, 0.4) is 0 Å². The van der Waals surface area contributed by atoms with Crippen molar-refractivity contribution in [2.24, 2.45) is 11.8 Å². The van der Waals surface area contributed by atoms with Crippen LogP contribution in [0.5, 0.6) is 0 Å². The summed E-state index contributed by atoms with van der Waals surface area (Å²) >= 11 is 0. The number of hydrogen-bond donors (Lipinski definition) is 1. The average molecular weight is 313 g/mol. The third-order valence-corrected chi connectivity index (χ3v) is 4.73. The van der Waals surface area contributed by atoms with Crippen LogP contribution in [-0.4, -0.2) is 16.0 Å². The predicted molar refractivity (Wildman–Crippen MR) is 87.4 cm³/mol. The Balaban J connectivity index is 1.79. The highest BCUT2D eigenvalue weighted by Gasteiger charge is 2.31. The Bertz CT molecular complexity index is 649. The number of hydrogen-bond acceptors (Lipinski definition) is 4. The van der Waals surface area contributed by atoms with Crippen LogP contribution >= 0.6 is 0 Å². The molecule has 2 atom stereocenters. The van der Waals surface area contributed by atoms with E-state index in [1.807, 2.05) is 30.3 Å². The van der Waals surface area contributed by atoms with Gasteiger partial charge in [0, 0.05) is 11.5 Å².